The van der Waals surface area contributed by atoms with Gasteiger partial charge in [0.05, 0.1) is 0 Å². The Morgan fingerprint density at radius 1 is 1.15 bits per heavy atom. The van der Waals surface area contributed by atoms with Gasteiger partial charge in [0, 0.05) is 53.2 Å². The number of alkyl halides is 1. The van der Waals surface area contributed by atoms with Gasteiger partial charge < -0.3 is 9.80 Å². The molecule has 20 heavy (non-hydrogen) atoms. The van der Waals surface area contributed by atoms with Crippen LogP contribution in [0.4, 0.5) is 10.8 Å². The normalized spacial score (nSPS) is 15.7. The third-order valence-electron chi connectivity index (χ3n) is 3.52. The minimum absolute atomic E-state index is 0.881. The van der Waals surface area contributed by atoms with E-state index in [-0.39, 0.29) is 0 Å². The second-order valence-electron chi connectivity index (χ2n) is 4.70. The Labute approximate surface area is 139 Å². The lowest BCUT2D eigenvalue weighted by atomic mass is 10.2. The molecular formula is C14H15Br2N3S. The number of aromatic nitrogens is 1. The van der Waals surface area contributed by atoms with E-state index < -0.39 is 0 Å². The van der Waals surface area contributed by atoms with E-state index in [9.17, 15) is 0 Å². The van der Waals surface area contributed by atoms with Crippen LogP contribution in [0.25, 0.3) is 0 Å². The molecule has 0 saturated carbocycles. The predicted molar refractivity (Wildman–Crippen MR) is 93.3 cm³/mol. The maximum atomic E-state index is 4.39. The summed E-state index contributed by atoms with van der Waals surface area (Å²) in [4.78, 5) is 9.19. The first-order chi connectivity index (χ1) is 9.78. The molecule has 1 aliphatic heterocycles. The second kappa shape index (κ2) is 6.45. The van der Waals surface area contributed by atoms with Crippen LogP contribution < -0.4 is 9.80 Å². The van der Waals surface area contributed by atoms with Crippen LogP contribution >= 0.6 is 43.2 Å². The van der Waals surface area contributed by atoms with Gasteiger partial charge in [-0.05, 0) is 17.7 Å². The summed E-state index contributed by atoms with van der Waals surface area (Å²) < 4.78 is 1.18. The van der Waals surface area contributed by atoms with Gasteiger partial charge in [0.25, 0.3) is 0 Å². The minimum Gasteiger partial charge on any atom is -0.368 e. The van der Waals surface area contributed by atoms with E-state index in [1.54, 1.807) is 11.3 Å². The maximum Gasteiger partial charge on any atom is 0.185 e. The second-order valence-corrected chi connectivity index (χ2v) is 6.99. The lowest BCUT2D eigenvalue weighted by Crippen LogP contribution is -2.46. The van der Waals surface area contributed by atoms with Crippen LogP contribution in [0.1, 0.15) is 5.56 Å². The van der Waals surface area contributed by atoms with Gasteiger partial charge in [-0.15, -0.1) is 11.3 Å². The topological polar surface area (TPSA) is 19.4 Å². The molecule has 0 spiro atoms. The lowest BCUT2D eigenvalue weighted by Gasteiger charge is -2.36. The Balaban J connectivity index is 1.67. The van der Waals surface area contributed by atoms with Crippen molar-refractivity contribution in [3.63, 3.8) is 0 Å². The summed E-state index contributed by atoms with van der Waals surface area (Å²) in [6.45, 7) is 4.15. The summed E-state index contributed by atoms with van der Waals surface area (Å²) in [7, 11) is 0. The molecule has 1 saturated heterocycles. The SMILES string of the molecule is BrCc1ccc(N2CCN(c3nccs3)CC2)cc1Br. The molecule has 106 valence electrons. The van der Waals surface area contributed by atoms with Crippen molar-refractivity contribution >= 4 is 54.0 Å². The smallest absolute Gasteiger partial charge is 0.185 e. The van der Waals surface area contributed by atoms with Crippen LogP contribution in [-0.2, 0) is 5.33 Å². The molecule has 6 heteroatoms. The summed E-state index contributed by atoms with van der Waals surface area (Å²) >= 11 is 8.86. The quantitative estimate of drug-likeness (QED) is 0.701. The number of hydrogen-bond donors (Lipinski definition) is 0. The average Bonchev–Trinajstić information content (AvgIpc) is 3.01. The van der Waals surface area contributed by atoms with Gasteiger partial charge in [0.1, 0.15) is 0 Å². The molecule has 1 aromatic carbocycles. The monoisotopic (exact) mass is 415 g/mol. The Hall–Kier alpha value is -0.590. The van der Waals surface area contributed by atoms with Gasteiger partial charge in [0.15, 0.2) is 5.13 Å². The van der Waals surface area contributed by atoms with Crippen LogP contribution in [0.15, 0.2) is 34.2 Å². The predicted octanol–water partition coefficient (Wildman–Crippen LogP) is 4.13. The highest BCUT2D eigenvalue weighted by molar-refractivity contribution is 9.10. The highest BCUT2D eigenvalue weighted by Gasteiger charge is 2.19. The molecule has 0 unspecified atom stereocenters. The van der Waals surface area contributed by atoms with E-state index in [1.807, 2.05) is 11.6 Å². The van der Waals surface area contributed by atoms with Crippen LogP contribution in [0.2, 0.25) is 0 Å². The molecule has 2 heterocycles. The molecule has 3 rings (SSSR count). The van der Waals surface area contributed by atoms with Crippen molar-refractivity contribution in [1.29, 1.82) is 0 Å². The first-order valence-electron chi connectivity index (χ1n) is 6.51. The van der Waals surface area contributed by atoms with Crippen LogP contribution in [0, 0.1) is 0 Å². The zero-order valence-electron chi connectivity index (χ0n) is 10.9. The first kappa shape index (κ1) is 14.4. The summed E-state index contributed by atoms with van der Waals surface area (Å²) in [6.07, 6.45) is 1.88. The van der Waals surface area contributed by atoms with E-state index in [0.29, 0.717) is 0 Å². The van der Waals surface area contributed by atoms with E-state index in [0.717, 1.165) is 36.6 Å². The highest BCUT2D eigenvalue weighted by atomic mass is 79.9. The molecule has 0 N–H and O–H groups in total. The molecule has 0 radical (unpaired) electrons. The molecule has 0 atom stereocenters. The minimum atomic E-state index is 0.881. The first-order valence-corrected chi connectivity index (χ1v) is 9.31. The number of anilines is 2. The van der Waals surface area contributed by atoms with Gasteiger partial charge in [-0.2, -0.15) is 0 Å². The van der Waals surface area contributed by atoms with Gasteiger partial charge in [-0.3, -0.25) is 0 Å². The summed E-state index contributed by atoms with van der Waals surface area (Å²) in [5, 5.41) is 4.06. The fourth-order valence-corrected chi connectivity index (χ4v) is 4.44. The highest BCUT2D eigenvalue weighted by Crippen LogP contribution is 2.27. The number of rotatable bonds is 3. The lowest BCUT2D eigenvalue weighted by molar-refractivity contribution is 0.652. The van der Waals surface area contributed by atoms with Crippen LogP contribution in [-0.4, -0.2) is 31.2 Å². The third-order valence-corrected chi connectivity index (χ3v) is 5.69. The number of thiazole rings is 1. The van der Waals surface area contributed by atoms with E-state index >= 15 is 0 Å². The van der Waals surface area contributed by atoms with E-state index in [4.69, 9.17) is 0 Å². The summed E-state index contributed by atoms with van der Waals surface area (Å²) in [6, 6.07) is 6.61. The van der Waals surface area contributed by atoms with Crippen molar-refractivity contribution in [2.75, 3.05) is 36.0 Å². The molecule has 0 amide bonds. The van der Waals surface area contributed by atoms with E-state index in [1.165, 1.54) is 15.7 Å². The van der Waals surface area contributed by atoms with Crippen molar-refractivity contribution in [2.24, 2.45) is 0 Å². The fourth-order valence-electron chi connectivity index (χ4n) is 2.37. The number of nitrogens with zero attached hydrogens (tertiary/aromatic N) is 3. The van der Waals surface area contributed by atoms with Crippen molar-refractivity contribution in [3.05, 3.63) is 39.8 Å². The largest absolute Gasteiger partial charge is 0.368 e. The van der Waals surface area contributed by atoms with Crippen molar-refractivity contribution in [2.45, 2.75) is 5.33 Å². The average molecular weight is 417 g/mol. The van der Waals surface area contributed by atoms with Gasteiger partial charge >= 0.3 is 0 Å². The molecule has 1 fully saturated rings. The standard InChI is InChI=1S/C14H15Br2N3S/c15-10-11-1-2-12(9-13(11)16)18-4-6-19(7-5-18)14-17-3-8-20-14/h1-3,8-9H,4-7,10H2. The molecule has 0 bridgehead atoms. The Morgan fingerprint density at radius 3 is 2.50 bits per heavy atom. The van der Waals surface area contributed by atoms with Crippen molar-refractivity contribution in [3.8, 4) is 0 Å². The molecule has 0 aliphatic carbocycles. The Kier molecular flexibility index (Phi) is 4.63. The molecule has 2 aromatic rings. The molecule has 3 nitrogen and oxygen atoms in total. The van der Waals surface area contributed by atoms with Gasteiger partial charge in [0.2, 0.25) is 0 Å². The maximum absolute atomic E-state index is 4.39. The number of hydrogen-bond acceptors (Lipinski definition) is 4. The number of piperazine rings is 1. The Morgan fingerprint density at radius 2 is 1.90 bits per heavy atom. The zero-order valence-corrected chi connectivity index (χ0v) is 14.9. The van der Waals surface area contributed by atoms with Crippen molar-refractivity contribution < 1.29 is 0 Å². The summed E-state index contributed by atoms with van der Waals surface area (Å²) in [5.74, 6) is 0. The molecule has 1 aliphatic rings. The molecular weight excluding hydrogens is 402 g/mol. The Bertz CT molecular complexity index is 566. The van der Waals surface area contributed by atoms with E-state index in [2.05, 4.69) is 64.8 Å². The summed E-state index contributed by atoms with van der Waals surface area (Å²) in [5.41, 5.74) is 2.58. The van der Waals surface area contributed by atoms with Gasteiger partial charge in [-0.25, -0.2) is 4.98 Å². The molecule has 1 aromatic heterocycles. The van der Waals surface area contributed by atoms with Crippen LogP contribution in [0.3, 0.4) is 0 Å². The third kappa shape index (κ3) is 3.02. The van der Waals surface area contributed by atoms with Crippen LogP contribution in [0.5, 0.6) is 0 Å². The van der Waals surface area contributed by atoms with Gasteiger partial charge in [-0.1, -0.05) is 37.9 Å². The zero-order chi connectivity index (χ0) is 13.9. The number of benzene rings is 1. The number of halogens is 2. The van der Waals surface area contributed by atoms with Crippen molar-refractivity contribution in [1.82, 2.24) is 4.98 Å². The fraction of sp³-hybridized carbons (Fsp3) is 0.357.